The third-order valence-corrected chi connectivity index (χ3v) is 2.89. The van der Waals surface area contributed by atoms with Gasteiger partial charge in [-0.3, -0.25) is 9.78 Å². The fraction of sp³-hybridized carbons (Fsp3) is 0.0667. The molecule has 2 aromatic heterocycles. The van der Waals surface area contributed by atoms with Crippen molar-refractivity contribution in [2.75, 3.05) is 0 Å². The summed E-state index contributed by atoms with van der Waals surface area (Å²) < 4.78 is 5.75. The average Bonchev–Trinajstić information content (AvgIpc) is 2.82. The van der Waals surface area contributed by atoms with Crippen LogP contribution in [-0.4, -0.2) is 10.8 Å². The molecule has 3 aromatic rings. The number of aromatic nitrogens is 1. The molecule has 0 saturated heterocycles. The van der Waals surface area contributed by atoms with Gasteiger partial charge < -0.3 is 4.42 Å². The SMILES string of the molecule is CC(=O)c1ccc2oc(-c3ccncc3)cc2c1. The van der Waals surface area contributed by atoms with E-state index in [1.807, 2.05) is 30.3 Å². The van der Waals surface area contributed by atoms with Crippen molar-refractivity contribution in [3.05, 3.63) is 54.4 Å². The molecule has 18 heavy (non-hydrogen) atoms. The number of nitrogens with zero attached hydrogens (tertiary/aromatic N) is 1. The van der Waals surface area contributed by atoms with Gasteiger partial charge in [-0.2, -0.15) is 0 Å². The van der Waals surface area contributed by atoms with Crippen LogP contribution < -0.4 is 0 Å². The molecule has 0 saturated carbocycles. The molecule has 0 radical (unpaired) electrons. The molecule has 0 unspecified atom stereocenters. The molecule has 0 fully saturated rings. The summed E-state index contributed by atoms with van der Waals surface area (Å²) in [6, 6.07) is 11.2. The first-order valence-electron chi connectivity index (χ1n) is 5.69. The highest BCUT2D eigenvalue weighted by atomic mass is 16.3. The van der Waals surface area contributed by atoms with Crippen LogP contribution in [0.25, 0.3) is 22.3 Å². The summed E-state index contributed by atoms with van der Waals surface area (Å²) in [4.78, 5) is 15.3. The van der Waals surface area contributed by atoms with E-state index in [1.54, 1.807) is 25.4 Å². The highest BCUT2D eigenvalue weighted by molar-refractivity contribution is 5.98. The number of Topliss-reactive ketones (excluding diaryl/α,β-unsaturated/α-hetero) is 1. The molecular formula is C15H11NO2. The maximum absolute atomic E-state index is 11.3. The van der Waals surface area contributed by atoms with Gasteiger partial charge in [0.05, 0.1) is 0 Å². The lowest BCUT2D eigenvalue weighted by atomic mass is 10.1. The molecule has 0 spiro atoms. The van der Waals surface area contributed by atoms with Gasteiger partial charge in [-0.05, 0) is 43.3 Å². The predicted octanol–water partition coefficient (Wildman–Crippen LogP) is 3.70. The molecule has 3 heteroatoms. The first-order valence-corrected chi connectivity index (χ1v) is 5.69. The zero-order valence-corrected chi connectivity index (χ0v) is 9.88. The monoisotopic (exact) mass is 237 g/mol. The fourth-order valence-corrected chi connectivity index (χ4v) is 1.92. The van der Waals surface area contributed by atoms with Gasteiger partial charge >= 0.3 is 0 Å². The minimum atomic E-state index is 0.0589. The highest BCUT2D eigenvalue weighted by Gasteiger charge is 2.07. The van der Waals surface area contributed by atoms with Crippen LogP contribution in [-0.2, 0) is 0 Å². The molecule has 1 aromatic carbocycles. The van der Waals surface area contributed by atoms with Gasteiger partial charge in [0, 0.05) is 28.9 Å². The van der Waals surface area contributed by atoms with Gasteiger partial charge in [0.15, 0.2) is 5.78 Å². The summed E-state index contributed by atoms with van der Waals surface area (Å²) in [5.74, 6) is 0.844. The third kappa shape index (κ3) is 1.80. The molecule has 0 N–H and O–H groups in total. The Bertz CT molecular complexity index is 714. The van der Waals surface area contributed by atoms with Crippen molar-refractivity contribution >= 4 is 16.8 Å². The average molecular weight is 237 g/mol. The van der Waals surface area contributed by atoms with E-state index in [9.17, 15) is 4.79 Å². The third-order valence-electron chi connectivity index (χ3n) is 2.89. The smallest absolute Gasteiger partial charge is 0.159 e. The summed E-state index contributed by atoms with van der Waals surface area (Å²) in [5, 5.41) is 0.939. The number of carbonyl (C=O) groups excluding carboxylic acids is 1. The van der Waals surface area contributed by atoms with Crippen LogP contribution >= 0.6 is 0 Å². The highest BCUT2D eigenvalue weighted by Crippen LogP contribution is 2.28. The lowest BCUT2D eigenvalue weighted by Crippen LogP contribution is -1.89. The van der Waals surface area contributed by atoms with Gasteiger partial charge in [0.25, 0.3) is 0 Å². The minimum Gasteiger partial charge on any atom is -0.456 e. The standard InChI is InChI=1S/C15H11NO2/c1-10(17)12-2-3-14-13(8-12)9-15(18-14)11-4-6-16-7-5-11/h2-9H,1H3. The van der Waals surface area contributed by atoms with E-state index in [0.29, 0.717) is 5.56 Å². The van der Waals surface area contributed by atoms with Crippen molar-refractivity contribution in [1.29, 1.82) is 0 Å². The predicted molar refractivity (Wildman–Crippen MR) is 69.4 cm³/mol. The van der Waals surface area contributed by atoms with E-state index >= 15 is 0 Å². The van der Waals surface area contributed by atoms with Crippen molar-refractivity contribution in [3.8, 4) is 11.3 Å². The van der Waals surface area contributed by atoms with Crippen molar-refractivity contribution in [1.82, 2.24) is 4.98 Å². The Labute approximate surface area is 104 Å². The van der Waals surface area contributed by atoms with E-state index in [1.165, 1.54) is 0 Å². The summed E-state index contributed by atoms with van der Waals surface area (Å²) in [6.45, 7) is 1.56. The van der Waals surface area contributed by atoms with Crippen LogP contribution in [0, 0.1) is 0 Å². The Morgan fingerprint density at radius 2 is 1.89 bits per heavy atom. The lowest BCUT2D eigenvalue weighted by Gasteiger charge is -1.94. The molecule has 3 rings (SSSR count). The van der Waals surface area contributed by atoms with Crippen LogP contribution in [0.1, 0.15) is 17.3 Å². The fourth-order valence-electron chi connectivity index (χ4n) is 1.92. The Morgan fingerprint density at radius 3 is 2.61 bits per heavy atom. The molecule has 3 nitrogen and oxygen atoms in total. The number of furan rings is 1. The number of ketones is 1. The normalized spacial score (nSPS) is 10.7. The summed E-state index contributed by atoms with van der Waals surface area (Å²) in [5.41, 5.74) is 2.46. The Kier molecular flexibility index (Phi) is 2.45. The number of carbonyl (C=O) groups is 1. The summed E-state index contributed by atoms with van der Waals surface area (Å²) in [7, 11) is 0. The van der Waals surface area contributed by atoms with Gasteiger partial charge in [0.2, 0.25) is 0 Å². The minimum absolute atomic E-state index is 0.0589. The van der Waals surface area contributed by atoms with Crippen molar-refractivity contribution < 1.29 is 9.21 Å². The maximum Gasteiger partial charge on any atom is 0.159 e. The number of pyridine rings is 1. The molecule has 0 bridgehead atoms. The van der Waals surface area contributed by atoms with Gasteiger partial charge in [0.1, 0.15) is 11.3 Å². The quantitative estimate of drug-likeness (QED) is 0.638. The van der Waals surface area contributed by atoms with Crippen LogP contribution in [0.3, 0.4) is 0 Å². The molecule has 0 aliphatic rings. The lowest BCUT2D eigenvalue weighted by molar-refractivity contribution is 0.101. The Balaban J connectivity index is 2.14. The topological polar surface area (TPSA) is 43.1 Å². The molecule has 2 heterocycles. The first-order chi connectivity index (χ1) is 8.74. The van der Waals surface area contributed by atoms with Gasteiger partial charge in [-0.25, -0.2) is 0 Å². The molecule has 0 amide bonds. The summed E-state index contributed by atoms with van der Waals surface area (Å²) >= 11 is 0. The molecule has 0 aliphatic heterocycles. The number of hydrogen-bond donors (Lipinski definition) is 0. The molecule has 0 aliphatic carbocycles. The van der Waals surface area contributed by atoms with Crippen LogP contribution in [0.15, 0.2) is 53.2 Å². The largest absolute Gasteiger partial charge is 0.456 e. The van der Waals surface area contributed by atoms with E-state index in [2.05, 4.69) is 4.98 Å². The zero-order chi connectivity index (χ0) is 12.5. The zero-order valence-electron chi connectivity index (χ0n) is 9.88. The van der Waals surface area contributed by atoms with Crippen LogP contribution in [0.5, 0.6) is 0 Å². The Morgan fingerprint density at radius 1 is 1.11 bits per heavy atom. The van der Waals surface area contributed by atoms with E-state index < -0.39 is 0 Å². The maximum atomic E-state index is 11.3. The van der Waals surface area contributed by atoms with Crippen molar-refractivity contribution in [3.63, 3.8) is 0 Å². The van der Waals surface area contributed by atoms with Crippen LogP contribution in [0.4, 0.5) is 0 Å². The van der Waals surface area contributed by atoms with Crippen LogP contribution in [0.2, 0.25) is 0 Å². The summed E-state index contributed by atoms with van der Waals surface area (Å²) in [6.07, 6.45) is 3.45. The second-order valence-electron chi connectivity index (χ2n) is 4.16. The van der Waals surface area contributed by atoms with Gasteiger partial charge in [-0.15, -0.1) is 0 Å². The van der Waals surface area contributed by atoms with Crippen molar-refractivity contribution in [2.45, 2.75) is 6.92 Å². The molecule has 88 valence electrons. The number of benzene rings is 1. The molecular weight excluding hydrogens is 226 g/mol. The second kappa shape index (κ2) is 4.11. The number of fused-ring (bicyclic) bond motifs is 1. The van der Waals surface area contributed by atoms with Crippen molar-refractivity contribution in [2.24, 2.45) is 0 Å². The van der Waals surface area contributed by atoms with Gasteiger partial charge in [-0.1, -0.05) is 0 Å². The first kappa shape index (κ1) is 10.7. The molecule has 0 atom stereocenters. The van der Waals surface area contributed by atoms with E-state index in [4.69, 9.17) is 4.42 Å². The number of rotatable bonds is 2. The second-order valence-corrected chi connectivity index (χ2v) is 4.16. The Hall–Kier alpha value is -2.42. The van der Waals surface area contributed by atoms with E-state index in [0.717, 1.165) is 22.3 Å². The van der Waals surface area contributed by atoms with E-state index in [-0.39, 0.29) is 5.78 Å². The number of hydrogen-bond acceptors (Lipinski definition) is 3.